The van der Waals surface area contributed by atoms with Crippen molar-refractivity contribution in [2.75, 3.05) is 20.8 Å². The molecule has 0 aliphatic carbocycles. The molecular weight excluding hydrogens is 459 g/mol. The van der Waals surface area contributed by atoms with Crippen molar-refractivity contribution in [3.63, 3.8) is 0 Å². The van der Waals surface area contributed by atoms with Gasteiger partial charge in [0.1, 0.15) is 5.82 Å². The van der Waals surface area contributed by atoms with Crippen LogP contribution >= 0.6 is 0 Å². The van der Waals surface area contributed by atoms with E-state index in [4.69, 9.17) is 9.47 Å². The summed E-state index contributed by atoms with van der Waals surface area (Å²) in [5.74, 6) is -0.214. The van der Waals surface area contributed by atoms with Crippen LogP contribution in [0.1, 0.15) is 24.1 Å². The minimum atomic E-state index is -4.07. The summed E-state index contributed by atoms with van der Waals surface area (Å²) in [5.41, 5.74) is 1.43. The highest BCUT2D eigenvalue weighted by atomic mass is 32.2. The third-order valence-electron chi connectivity index (χ3n) is 5.26. The molecule has 3 rings (SSSR count). The van der Waals surface area contributed by atoms with Crippen molar-refractivity contribution < 1.29 is 27.1 Å². The first-order chi connectivity index (χ1) is 16.2. The van der Waals surface area contributed by atoms with Gasteiger partial charge < -0.3 is 14.8 Å². The molecular formula is C25H27FN2O5S. The number of hydrogen-bond acceptors (Lipinski definition) is 5. The molecule has 1 atom stereocenters. The molecule has 0 aliphatic heterocycles. The first-order valence-electron chi connectivity index (χ1n) is 10.6. The molecule has 0 saturated heterocycles. The Balaban J connectivity index is 1.87. The minimum absolute atomic E-state index is 0.00410. The Morgan fingerprint density at radius 2 is 1.62 bits per heavy atom. The molecule has 7 nitrogen and oxygen atoms in total. The zero-order valence-electron chi connectivity index (χ0n) is 19.2. The van der Waals surface area contributed by atoms with E-state index >= 15 is 0 Å². The van der Waals surface area contributed by atoms with Gasteiger partial charge in [-0.2, -0.15) is 4.31 Å². The molecule has 0 spiro atoms. The van der Waals surface area contributed by atoms with E-state index < -0.39 is 28.5 Å². The Labute approximate surface area is 199 Å². The number of rotatable bonds is 10. The number of amides is 1. The topological polar surface area (TPSA) is 84.9 Å². The van der Waals surface area contributed by atoms with Crippen LogP contribution in [0, 0.1) is 5.82 Å². The summed E-state index contributed by atoms with van der Waals surface area (Å²) in [6.45, 7) is 1.34. The Morgan fingerprint density at radius 3 is 2.24 bits per heavy atom. The lowest BCUT2D eigenvalue weighted by molar-refractivity contribution is -0.122. The number of halogens is 1. The number of sulfonamides is 1. The average Bonchev–Trinajstić information content (AvgIpc) is 2.84. The summed E-state index contributed by atoms with van der Waals surface area (Å²) >= 11 is 0. The van der Waals surface area contributed by atoms with E-state index in [1.165, 1.54) is 44.6 Å². The number of hydrogen-bond donors (Lipinski definition) is 1. The van der Waals surface area contributed by atoms with E-state index in [-0.39, 0.29) is 23.0 Å². The molecule has 0 radical (unpaired) electrons. The Bertz CT molecular complexity index is 1220. The van der Waals surface area contributed by atoms with E-state index in [0.717, 1.165) is 9.87 Å². The Kier molecular flexibility index (Phi) is 8.25. The molecule has 0 fully saturated rings. The molecule has 9 heteroatoms. The van der Waals surface area contributed by atoms with Crippen LogP contribution < -0.4 is 14.8 Å². The predicted octanol–water partition coefficient (Wildman–Crippen LogP) is 3.91. The Morgan fingerprint density at radius 1 is 0.971 bits per heavy atom. The van der Waals surface area contributed by atoms with E-state index in [9.17, 15) is 17.6 Å². The van der Waals surface area contributed by atoms with Crippen LogP contribution in [0.3, 0.4) is 0 Å². The van der Waals surface area contributed by atoms with Gasteiger partial charge in [0.2, 0.25) is 15.9 Å². The maximum atomic E-state index is 13.5. The van der Waals surface area contributed by atoms with E-state index in [1.807, 2.05) is 6.07 Å². The summed E-state index contributed by atoms with van der Waals surface area (Å²) in [7, 11) is -1.19. The van der Waals surface area contributed by atoms with Crippen LogP contribution in [0.15, 0.2) is 77.7 Å². The number of carbonyl (C=O) groups excluding carboxylic acids is 1. The van der Waals surface area contributed by atoms with Crippen molar-refractivity contribution in [2.24, 2.45) is 0 Å². The molecule has 34 heavy (non-hydrogen) atoms. The first kappa shape index (κ1) is 25.2. The van der Waals surface area contributed by atoms with Crippen LogP contribution in [-0.2, 0) is 21.4 Å². The first-order valence-corrected chi connectivity index (χ1v) is 12.0. The number of benzene rings is 3. The van der Waals surface area contributed by atoms with E-state index in [2.05, 4.69) is 5.32 Å². The summed E-state index contributed by atoms with van der Waals surface area (Å²) in [4.78, 5) is 12.8. The highest BCUT2D eigenvalue weighted by Crippen LogP contribution is 2.31. The molecule has 180 valence electrons. The van der Waals surface area contributed by atoms with Crippen LogP contribution in [0.2, 0.25) is 0 Å². The summed E-state index contributed by atoms with van der Waals surface area (Å²) in [6.07, 6.45) is 0. The normalized spacial score (nSPS) is 12.3. The molecule has 0 heterocycles. The number of carbonyl (C=O) groups is 1. The number of nitrogens with one attached hydrogen (secondary N) is 1. The molecule has 0 bridgehead atoms. The lowest BCUT2D eigenvalue weighted by atomic mass is 10.1. The molecule has 0 saturated carbocycles. The molecule has 1 N–H and O–H groups in total. The number of ether oxygens (including phenoxy) is 2. The van der Waals surface area contributed by atoms with Crippen molar-refractivity contribution in [1.29, 1.82) is 0 Å². The zero-order valence-corrected chi connectivity index (χ0v) is 20.0. The minimum Gasteiger partial charge on any atom is -0.493 e. The molecule has 3 aromatic carbocycles. The van der Waals surface area contributed by atoms with Gasteiger partial charge in [0.05, 0.1) is 31.7 Å². The van der Waals surface area contributed by atoms with E-state index in [0.29, 0.717) is 11.3 Å². The fraction of sp³-hybridized carbons (Fsp3) is 0.240. The monoisotopic (exact) mass is 486 g/mol. The predicted molar refractivity (Wildman–Crippen MR) is 127 cm³/mol. The van der Waals surface area contributed by atoms with Gasteiger partial charge in [-0.05, 0) is 42.3 Å². The number of methoxy groups -OCH3 is 2. The zero-order chi connectivity index (χ0) is 24.7. The fourth-order valence-electron chi connectivity index (χ4n) is 3.42. The van der Waals surface area contributed by atoms with Gasteiger partial charge in [-0.1, -0.05) is 42.5 Å². The van der Waals surface area contributed by atoms with Crippen LogP contribution in [0.5, 0.6) is 11.5 Å². The van der Waals surface area contributed by atoms with Crippen LogP contribution in [0.4, 0.5) is 4.39 Å². The molecule has 0 aliphatic rings. The van der Waals surface area contributed by atoms with Gasteiger partial charge in [0, 0.05) is 12.6 Å². The van der Waals surface area contributed by atoms with Gasteiger partial charge in [0.25, 0.3) is 0 Å². The van der Waals surface area contributed by atoms with Crippen molar-refractivity contribution >= 4 is 15.9 Å². The molecule has 1 unspecified atom stereocenters. The van der Waals surface area contributed by atoms with Crippen LogP contribution in [-0.4, -0.2) is 39.4 Å². The lowest BCUT2D eigenvalue weighted by Crippen LogP contribution is -2.41. The second-order valence-electron chi connectivity index (χ2n) is 7.62. The van der Waals surface area contributed by atoms with Gasteiger partial charge in [-0.25, -0.2) is 12.8 Å². The summed E-state index contributed by atoms with van der Waals surface area (Å²) < 4.78 is 51.8. The second kappa shape index (κ2) is 11.1. The van der Waals surface area contributed by atoms with Gasteiger partial charge in [-0.3, -0.25) is 4.79 Å². The second-order valence-corrected chi connectivity index (χ2v) is 9.55. The van der Waals surface area contributed by atoms with Crippen molar-refractivity contribution in [1.82, 2.24) is 9.62 Å². The average molecular weight is 487 g/mol. The highest BCUT2D eigenvalue weighted by Gasteiger charge is 2.28. The Hall–Kier alpha value is -3.43. The standard InChI is InChI=1S/C25H27FN2O5S/c1-18(20-9-11-21(26)12-10-20)27-25(29)17-28(16-19-7-5-4-6-8-19)34(30,31)22-13-14-23(32-2)24(15-22)33-3/h4-15,18H,16-17H2,1-3H3,(H,27,29). The number of nitrogens with zero attached hydrogens (tertiary/aromatic N) is 1. The lowest BCUT2D eigenvalue weighted by Gasteiger charge is -2.24. The molecule has 1 amide bonds. The van der Waals surface area contributed by atoms with Gasteiger partial charge in [0.15, 0.2) is 11.5 Å². The van der Waals surface area contributed by atoms with Crippen LogP contribution in [0.25, 0.3) is 0 Å². The quantitative estimate of drug-likeness (QED) is 0.470. The summed E-state index contributed by atoms with van der Waals surface area (Å²) in [5, 5.41) is 2.78. The maximum Gasteiger partial charge on any atom is 0.243 e. The largest absolute Gasteiger partial charge is 0.493 e. The third kappa shape index (κ3) is 6.12. The third-order valence-corrected chi connectivity index (χ3v) is 7.05. The highest BCUT2D eigenvalue weighted by molar-refractivity contribution is 7.89. The fourth-order valence-corrected chi connectivity index (χ4v) is 4.82. The van der Waals surface area contributed by atoms with E-state index in [1.54, 1.807) is 43.3 Å². The van der Waals surface area contributed by atoms with Gasteiger partial charge in [-0.15, -0.1) is 0 Å². The van der Waals surface area contributed by atoms with Crippen molar-refractivity contribution in [2.45, 2.75) is 24.4 Å². The van der Waals surface area contributed by atoms with Crippen molar-refractivity contribution in [3.8, 4) is 11.5 Å². The van der Waals surface area contributed by atoms with Gasteiger partial charge >= 0.3 is 0 Å². The molecule has 0 aromatic heterocycles. The summed E-state index contributed by atoms with van der Waals surface area (Å²) in [6, 6.07) is 18.6. The maximum absolute atomic E-state index is 13.5. The van der Waals surface area contributed by atoms with Crippen molar-refractivity contribution in [3.05, 3.63) is 89.7 Å². The molecule has 3 aromatic rings. The smallest absolute Gasteiger partial charge is 0.243 e. The SMILES string of the molecule is COc1ccc(S(=O)(=O)N(CC(=O)NC(C)c2ccc(F)cc2)Cc2ccccc2)cc1OC.